The molecule has 0 atom stereocenters. The minimum absolute atomic E-state index is 0. The topological polar surface area (TPSA) is 38.9 Å². The Labute approximate surface area is 49.4 Å². The largest absolute Gasteiger partial charge is 0.384 e. The standard InChI is InChI=1S/C5H6N2.CH4/c6-5-3-1-2-4-7-5;/h1-4H,(H2,6,7);1H4. The van der Waals surface area contributed by atoms with Crippen LogP contribution in [0.2, 0.25) is 0 Å². The fourth-order valence-electron chi connectivity index (χ4n) is 0.376. The minimum atomic E-state index is 0. The van der Waals surface area contributed by atoms with E-state index in [2.05, 4.69) is 4.98 Å². The molecule has 0 unspecified atom stereocenters. The zero-order valence-corrected chi connectivity index (χ0v) is 3.83. The first-order valence-electron chi connectivity index (χ1n) is 2.06. The summed E-state index contributed by atoms with van der Waals surface area (Å²) < 4.78 is 0. The van der Waals surface area contributed by atoms with Crippen molar-refractivity contribution in [3.05, 3.63) is 24.4 Å². The molecular weight excluding hydrogens is 100 g/mol. The molecule has 2 heteroatoms. The normalized spacial score (nSPS) is 7.50. The fourth-order valence-corrected chi connectivity index (χ4v) is 0.376. The van der Waals surface area contributed by atoms with Crippen molar-refractivity contribution in [2.75, 3.05) is 5.73 Å². The van der Waals surface area contributed by atoms with Crippen molar-refractivity contribution in [3.8, 4) is 0 Å². The van der Waals surface area contributed by atoms with Gasteiger partial charge in [-0.05, 0) is 12.1 Å². The second-order valence-corrected chi connectivity index (χ2v) is 1.25. The van der Waals surface area contributed by atoms with Gasteiger partial charge in [0.15, 0.2) is 0 Å². The number of nitrogens with zero attached hydrogens (tertiary/aromatic N) is 1. The Kier molecular flexibility index (Phi) is 2.62. The van der Waals surface area contributed by atoms with Gasteiger partial charge in [0, 0.05) is 6.20 Å². The van der Waals surface area contributed by atoms with E-state index in [-0.39, 0.29) is 7.43 Å². The van der Waals surface area contributed by atoms with E-state index in [1.807, 2.05) is 12.1 Å². The first kappa shape index (κ1) is 6.95. The van der Waals surface area contributed by atoms with E-state index in [0.29, 0.717) is 5.82 Å². The van der Waals surface area contributed by atoms with Gasteiger partial charge < -0.3 is 5.73 Å². The highest BCUT2D eigenvalue weighted by atomic mass is 14.8. The number of aromatic nitrogens is 1. The van der Waals surface area contributed by atoms with E-state index in [9.17, 15) is 0 Å². The zero-order valence-electron chi connectivity index (χ0n) is 3.83. The number of anilines is 1. The molecule has 0 radical (unpaired) electrons. The summed E-state index contributed by atoms with van der Waals surface area (Å²) in [5.41, 5.74) is 5.25. The van der Waals surface area contributed by atoms with Crippen molar-refractivity contribution in [2.24, 2.45) is 0 Å². The Morgan fingerprint density at radius 2 is 2.12 bits per heavy atom. The number of hydrogen-bond donors (Lipinski definition) is 1. The lowest BCUT2D eigenvalue weighted by molar-refractivity contribution is 1.34. The molecule has 0 aliphatic rings. The third-order valence-electron chi connectivity index (χ3n) is 0.688. The molecule has 0 spiro atoms. The molecule has 0 amide bonds. The average molecular weight is 110 g/mol. The van der Waals surface area contributed by atoms with Crippen LogP contribution in [0.15, 0.2) is 24.4 Å². The number of pyridine rings is 1. The molecule has 2 N–H and O–H groups in total. The summed E-state index contributed by atoms with van der Waals surface area (Å²) in [5, 5.41) is 0. The maximum absolute atomic E-state index is 5.25. The van der Waals surface area contributed by atoms with Gasteiger partial charge in [0.05, 0.1) is 0 Å². The molecule has 1 aromatic rings. The van der Waals surface area contributed by atoms with Crippen LogP contribution < -0.4 is 5.73 Å². The maximum atomic E-state index is 5.25. The summed E-state index contributed by atoms with van der Waals surface area (Å²) in [5.74, 6) is 0.572. The predicted octanol–water partition coefficient (Wildman–Crippen LogP) is 1.30. The van der Waals surface area contributed by atoms with Crippen molar-refractivity contribution >= 4 is 5.82 Å². The summed E-state index contributed by atoms with van der Waals surface area (Å²) in [4.78, 5) is 3.76. The van der Waals surface area contributed by atoms with Crippen molar-refractivity contribution in [1.29, 1.82) is 0 Å². The Bertz CT molecular complexity index is 136. The van der Waals surface area contributed by atoms with Crippen LogP contribution >= 0.6 is 0 Å². The van der Waals surface area contributed by atoms with Crippen LogP contribution in [0.3, 0.4) is 0 Å². The van der Waals surface area contributed by atoms with Crippen molar-refractivity contribution < 1.29 is 0 Å². The molecular formula is C6H10N2. The highest BCUT2D eigenvalue weighted by Gasteiger charge is 1.73. The number of nitrogen functional groups attached to an aromatic ring is 1. The van der Waals surface area contributed by atoms with E-state index in [4.69, 9.17) is 5.73 Å². The Hall–Kier alpha value is -1.05. The third kappa shape index (κ3) is 1.60. The molecule has 2 nitrogen and oxygen atoms in total. The molecule has 0 bridgehead atoms. The summed E-state index contributed by atoms with van der Waals surface area (Å²) >= 11 is 0. The molecule has 0 saturated heterocycles. The first-order chi connectivity index (χ1) is 3.39. The van der Waals surface area contributed by atoms with Crippen LogP contribution in [-0.4, -0.2) is 4.98 Å². The van der Waals surface area contributed by atoms with Gasteiger partial charge >= 0.3 is 0 Å². The lowest BCUT2D eigenvalue weighted by Gasteiger charge is -1.82. The number of hydrogen-bond acceptors (Lipinski definition) is 2. The van der Waals surface area contributed by atoms with Crippen LogP contribution in [0.25, 0.3) is 0 Å². The molecule has 1 rings (SSSR count). The smallest absolute Gasteiger partial charge is 0.123 e. The van der Waals surface area contributed by atoms with E-state index >= 15 is 0 Å². The van der Waals surface area contributed by atoms with Crippen LogP contribution in [0.4, 0.5) is 5.82 Å². The van der Waals surface area contributed by atoms with Crippen molar-refractivity contribution in [3.63, 3.8) is 0 Å². The fraction of sp³-hybridized carbons (Fsp3) is 0.167. The van der Waals surface area contributed by atoms with Gasteiger partial charge in [-0.2, -0.15) is 0 Å². The summed E-state index contributed by atoms with van der Waals surface area (Å²) in [6.07, 6.45) is 1.66. The van der Waals surface area contributed by atoms with Crippen molar-refractivity contribution in [1.82, 2.24) is 4.98 Å². The van der Waals surface area contributed by atoms with Gasteiger partial charge in [0.1, 0.15) is 5.82 Å². The molecule has 44 valence electrons. The quantitative estimate of drug-likeness (QED) is 0.546. The predicted molar refractivity (Wildman–Crippen MR) is 35.4 cm³/mol. The third-order valence-corrected chi connectivity index (χ3v) is 0.688. The van der Waals surface area contributed by atoms with Gasteiger partial charge in [-0.15, -0.1) is 0 Å². The van der Waals surface area contributed by atoms with Crippen LogP contribution in [0.5, 0.6) is 0 Å². The lowest BCUT2D eigenvalue weighted by atomic mass is 10.5. The first-order valence-corrected chi connectivity index (χ1v) is 2.06. The Morgan fingerprint density at radius 1 is 1.38 bits per heavy atom. The molecule has 8 heavy (non-hydrogen) atoms. The molecule has 0 aliphatic heterocycles. The van der Waals surface area contributed by atoms with E-state index in [1.165, 1.54) is 0 Å². The maximum Gasteiger partial charge on any atom is 0.123 e. The highest BCUT2D eigenvalue weighted by molar-refractivity contribution is 5.25. The molecule has 0 aromatic carbocycles. The van der Waals surface area contributed by atoms with Gasteiger partial charge in [0.25, 0.3) is 0 Å². The molecule has 0 aliphatic carbocycles. The minimum Gasteiger partial charge on any atom is -0.384 e. The monoisotopic (exact) mass is 110 g/mol. The van der Waals surface area contributed by atoms with Gasteiger partial charge in [-0.3, -0.25) is 0 Å². The zero-order chi connectivity index (χ0) is 5.11. The second kappa shape index (κ2) is 3.02. The van der Waals surface area contributed by atoms with Gasteiger partial charge in [0.2, 0.25) is 0 Å². The Morgan fingerprint density at radius 3 is 2.38 bits per heavy atom. The SMILES string of the molecule is C.Nc1ccccn1. The number of rotatable bonds is 0. The van der Waals surface area contributed by atoms with E-state index < -0.39 is 0 Å². The second-order valence-electron chi connectivity index (χ2n) is 1.25. The lowest BCUT2D eigenvalue weighted by Crippen LogP contribution is -1.85. The van der Waals surface area contributed by atoms with Gasteiger partial charge in [-0.1, -0.05) is 13.5 Å². The average Bonchev–Trinajstić information content (AvgIpc) is 1.69. The summed E-state index contributed by atoms with van der Waals surface area (Å²) in [6, 6.07) is 5.43. The van der Waals surface area contributed by atoms with Crippen LogP contribution in [0.1, 0.15) is 7.43 Å². The Balaban J connectivity index is 0.000000490. The van der Waals surface area contributed by atoms with E-state index in [1.54, 1.807) is 12.3 Å². The molecule has 1 aromatic heterocycles. The molecule has 1 heterocycles. The van der Waals surface area contributed by atoms with Crippen LogP contribution in [-0.2, 0) is 0 Å². The van der Waals surface area contributed by atoms with Crippen molar-refractivity contribution in [2.45, 2.75) is 7.43 Å². The van der Waals surface area contributed by atoms with Gasteiger partial charge in [-0.25, -0.2) is 4.98 Å². The summed E-state index contributed by atoms with van der Waals surface area (Å²) in [6.45, 7) is 0. The molecule has 0 saturated carbocycles. The highest BCUT2D eigenvalue weighted by Crippen LogP contribution is 1.89. The number of nitrogens with two attached hydrogens (primary N) is 1. The summed E-state index contributed by atoms with van der Waals surface area (Å²) in [7, 11) is 0. The van der Waals surface area contributed by atoms with Crippen LogP contribution in [0, 0.1) is 0 Å². The van der Waals surface area contributed by atoms with E-state index in [0.717, 1.165) is 0 Å². The molecule has 0 fully saturated rings.